The fourth-order valence-electron chi connectivity index (χ4n) is 2.99. The largest absolute Gasteiger partial charge is 0.473 e. The van der Waals surface area contributed by atoms with E-state index in [1.807, 2.05) is 11.3 Å². The summed E-state index contributed by atoms with van der Waals surface area (Å²) >= 11 is 1.94. The van der Waals surface area contributed by atoms with Gasteiger partial charge < -0.3 is 10.2 Å². The zero-order valence-corrected chi connectivity index (χ0v) is 14.0. The second kappa shape index (κ2) is 8.84. The van der Waals surface area contributed by atoms with Crippen molar-refractivity contribution in [3.63, 3.8) is 0 Å². The first kappa shape index (κ1) is 17.7. The number of carboxylic acid groups (broad SMARTS) is 2. The van der Waals surface area contributed by atoms with Gasteiger partial charge in [0.25, 0.3) is 0 Å². The summed E-state index contributed by atoms with van der Waals surface area (Å²) in [5, 5.41) is 17.0. The van der Waals surface area contributed by atoms with Crippen LogP contribution >= 0.6 is 11.3 Å². The Bertz CT molecular complexity index is 561. The van der Waals surface area contributed by atoms with E-state index in [1.165, 1.54) is 58.2 Å². The molecule has 0 spiro atoms. The number of carbonyl (C=O) groups is 2. The topological polar surface area (TPSA) is 77.8 Å². The monoisotopic (exact) mass is 337 g/mol. The number of rotatable bonds is 2. The Kier molecular flexibility index (Phi) is 6.80. The summed E-state index contributed by atoms with van der Waals surface area (Å²) in [7, 11) is 0. The van der Waals surface area contributed by atoms with Crippen LogP contribution in [0.15, 0.2) is 17.5 Å². The molecule has 0 bridgehead atoms. The van der Waals surface area contributed by atoms with Gasteiger partial charge in [-0.3, -0.25) is 4.90 Å². The Labute approximate surface area is 140 Å². The fourth-order valence-corrected chi connectivity index (χ4v) is 3.94. The molecular weight excluding hydrogens is 314 g/mol. The average molecular weight is 337 g/mol. The number of hydrogen-bond donors (Lipinski definition) is 2. The molecule has 0 aromatic carbocycles. The van der Waals surface area contributed by atoms with E-state index in [0.29, 0.717) is 0 Å². The van der Waals surface area contributed by atoms with Gasteiger partial charge >= 0.3 is 11.9 Å². The summed E-state index contributed by atoms with van der Waals surface area (Å²) in [6.45, 7) is 3.78. The van der Waals surface area contributed by atoms with Crippen molar-refractivity contribution >= 4 is 28.8 Å². The van der Waals surface area contributed by atoms with Crippen molar-refractivity contribution < 1.29 is 19.8 Å². The van der Waals surface area contributed by atoms with Crippen molar-refractivity contribution in [1.29, 1.82) is 0 Å². The van der Waals surface area contributed by atoms with E-state index in [0.717, 1.165) is 0 Å². The van der Waals surface area contributed by atoms with E-state index < -0.39 is 11.9 Å². The summed E-state index contributed by atoms with van der Waals surface area (Å²) < 4.78 is 0. The number of carboxylic acids is 2. The van der Waals surface area contributed by atoms with Gasteiger partial charge in [-0.1, -0.05) is 12.5 Å². The van der Waals surface area contributed by atoms with Gasteiger partial charge in [0, 0.05) is 11.4 Å². The van der Waals surface area contributed by atoms with Crippen LogP contribution in [0.4, 0.5) is 0 Å². The number of likely N-dealkylation sites (tertiary alicyclic amines) is 1. The van der Waals surface area contributed by atoms with Crippen LogP contribution in [0.5, 0.6) is 0 Å². The van der Waals surface area contributed by atoms with Crippen LogP contribution in [-0.4, -0.2) is 46.7 Å². The zero-order valence-electron chi connectivity index (χ0n) is 13.2. The molecular formula is C17H23NO4S. The molecule has 0 amide bonds. The predicted molar refractivity (Wildman–Crippen MR) is 90.8 cm³/mol. The minimum absolute atomic E-state index is 1.17. The normalized spacial score (nSPS) is 19.6. The number of piperidine rings is 1. The third kappa shape index (κ3) is 5.48. The Balaban J connectivity index is 0.000000277. The van der Waals surface area contributed by atoms with Crippen molar-refractivity contribution in [1.82, 2.24) is 4.90 Å². The summed E-state index contributed by atoms with van der Waals surface area (Å²) in [5.74, 6) is -3.65. The number of nitrogens with zero attached hydrogens (tertiary/aromatic N) is 1. The van der Waals surface area contributed by atoms with Crippen LogP contribution in [0.25, 0.3) is 5.57 Å². The van der Waals surface area contributed by atoms with Crippen LogP contribution in [0, 0.1) is 0 Å². The maximum absolute atomic E-state index is 9.10. The van der Waals surface area contributed by atoms with Crippen LogP contribution in [-0.2, 0) is 16.0 Å². The third-order valence-corrected chi connectivity index (χ3v) is 5.15. The highest BCUT2D eigenvalue weighted by Crippen LogP contribution is 2.34. The molecule has 0 atom stereocenters. The van der Waals surface area contributed by atoms with E-state index in [1.54, 1.807) is 16.0 Å². The number of fused-ring (bicyclic) bond motifs is 1. The molecule has 2 aliphatic rings. The van der Waals surface area contributed by atoms with E-state index in [-0.39, 0.29) is 0 Å². The molecule has 0 unspecified atom stereocenters. The molecule has 1 aromatic rings. The van der Waals surface area contributed by atoms with Crippen molar-refractivity contribution in [2.75, 3.05) is 19.6 Å². The van der Waals surface area contributed by atoms with Gasteiger partial charge in [0.05, 0.1) is 0 Å². The number of thiophene rings is 1. The molecule has 1 aliphatic heterocycles. The van der Waals surface area contributed by atoms with E-state index in [2.05, 4.69) is 22.4 Å². The lowest BCUT2D eigenvalue weighted by Gasteiger charge is -2.26. The molecule has 1 saturated heterocycles. The standard InChI is InChI=1S/C15H21NS.C2H2O4/c1-2-9-16(10-3-1)11-7-13-5-4-6-15-14(13)8-12-17-15;3-1(4)2(5)6/h7-8,12H,1-6,9-11H2;(H,3,4)(H,5,6)/b13-7+;. The molecule has 23 heavy (non-hydrogen) atoms. The van der Waals surface area contributed by atoms with Crippen LogP contribution in [0.2, 0.25) is 0 Å². The van der Waals surface area contributed by atoms with Gasteiger partial charge in [-0.15, -0.1) is 11.3 Å². The lowest BCUT2D eigenvalue weighted by molar-refractivity contribution is -0.159. The van der Waals surface area contributed by atoms with Gasteiger partial charge in [-0.05, 0) is 67.8 Å². The third-order valence-electron chi connectivity index (χ3n) is 4.17. The Hall–Kier alpha value is -1.66. The first-order valence-electron chi connectivity index (χ1n) is 8.02. The molecule has 126 valence electrons. The minimum atomic E-state index is -1.82. The zero-order chi connectivity index (χ0) is 16.7. The molecule has 1 aromatic heterocycles. The molecule has 0 radical (unpaired) electrons. The van der Waals surface area contributed by atoms with Gasteiger partial charge in [-0.2, -0.15) is 0 Å². The van der Waals surface area contributed by atoms with Crippen LogP contribution < -0.4 is 0 Å². The van der Waals surface area contributed by atoms with Gasteiger partial charge in [0.1, 0.15) is 0 Å². The lowest BCUT2D eigenvalue weighted by atomic mass is 9.93. The molecule has 3 rings (SSSR count). The molecule has 0 saturated carbocycles. The van der Waals surface area contributed by atoms with Crippen LogP contribution in [0.1, 0.15) is 42.5 Å². The van der Waals surface area contributed by atoms with Crippen LogP contribution in [0.3, 0.4) is 0 Å². The Morgan fingerprint density at radius 2 is 1.78 bits per heavy atom. The first-order valence-corrected chi connectivity index (χ1v) is 8.90. The molecule has 1 fully saturated rings. The molecule has 1 aliphatic carbocycles. The maximum atomic E-state index is 9.10. The molecule has 2 N–H and O–H groups in total. The summed E-state index contributed by atoms with van der Waals surface area (Å²) in [5.41, 5.74) is 3.16. The second-order valence-corrected chi connectivity index (χ2v) is 6.81. The smallest absolute Gasteiger partial charge is 0.414 e. The highest BCUT2D eigenvalue weighted by atomic mass is 32.1. The molecule has 2 heterocycles. The minimum Gasteiger partial charge on any atom is -0.473 e. The van der Waals surface area contributed by atoms with Crippen molar-refractivity contribution in [3.8, 4) is 0 Å². The van der Waals surface area contributed by atoms with Gasteiger partial charge in [0.2, 0.25) is 0 Å². The number of aliphatic carboxylic acids is 2. The van der Waals surface area contributed by atoms with Gasteiger partial charge in [-0.25, -0.2) is 9.59 Å². The van der Waals surface area contributed by atoms with Crippen molar-refractivity contribution in [3.05, 3.63) is 28.0 Å². The Morgan fingerprint density at radius 1 is 1.09 bits per heavy atom. The Morgan fingerprint density at radius 3 is 2.43 bits per heavy atom. The highest BCUT2D eigenvalue weighted by Gasteiger charge is 2.15. The SMILES string of the molecule is C(/CN1CCCCC1)=C1/CCCc2sccc21.O=C(O)C(=O)O. The summed E-state index contributed by atoms with van der Waals surface area (Å²) in [6, 6.07) is 2.32. The average Bonchev–Trinajstić information content (AvgIpc) is 3.03. The maximum Gasteiger partial charge on any atom is 0.414 e. The summed E-state index contributed by atoms with van der Waals surface area (Å²) in [6.07, 6.45) is 10.7. The first-order chi connectivity index (χ1) is 11.1. The number of allylic oxidation sites excluding steroid dienone is 1. The molecule has 6 heteroatoms. The van der Waals surface area contributed by atoms with E-state index in [9.17, 15) is 0 Å². The van der Waals surface area contributed by atoms with Crippen molar-refractivity contribution in [2.24, 2.45) is 0 Å². The number of hydrogen-bond acceptors (Lipinski definition) is 4. The highest BCUT2D eigenvalue weighted by molar-refractivity contribution is 7.10. The molecule has 5 nitrogen and oxygen atoms in total. The van der Waals surface area contributed by atoms with Crippen molar-refractivity contribution in [2.45, 2.75) is 38.5 Å². The predicted octanol–water partition coefficient (Wildman–Crippen LogP) is 3.11. The quantitative estimate of drug-likeness (QED) is 0.811. The second-order valence-electron chi connectivity index (χ2n) is 5.81. The van der Waals surface area contributed by atoms with Gasteiger partial charge in [0.15, 0.2) is 0 Å². The lowest BCUT2D eigenvalue weighted by Crippen LogP contribution is -2.29. The number of aryl methyl sites for hydroxylation is 1. The van der Waals surface area contributed by atoms with E-state index >= 15 is 0 Å². The fraction of sp³-hybridized carbons (Fsp3) is 0.529. The summed E-state index contributed by atoms with van der Waals surface area (Å²) in [4.78, 5) is 22.4. The van der Waals surface area contributed by atoms with E-state index in [4.69, 9.17) is 19.8 Å².